The van der Waals surface area contributed by atoms with Crippen LogP contribution in [0, 0.1) is 19.3 Å². The van der Waals surface area contributed by atoms with Crippen molar-refractivity contribution in [3.05, 3.63) is 34.4 Å². The molecular weight excluding hydrogens is 352 g/mol. The summed E-state index contributed by atoms with van der Waals surface area (Å²) in [7, 11) is 0. The highest BCUT2D eigenvalue weighted by atomic mass is 32.1. The van der Waals surface area contributed by atoms with Gasteiger partial charge in [0.15, 0.2) is 22.0 Å². The van der Waals surface area contributed by atoms with Crippen molar-refractivity contribution in [3.8, 4) is 23.8 Å². The van der Waals surface area contributed by atoms with E-state index in [4.69, 9.17) is 15.9 Å². The predicted molar refractivity (Wildman–Crippen MR) is 97.3 cm³/mol. The first-order valence-corrected chi connectivity index (χ1v) is 8.92. The number of carbonyl (C=O) groups excluding carboxylic acids is 1. The van der Waals surface area contributed by atoms with E-state index < -0.39 is 5.91 Å². The smallest absolute Gasteiger partial charge is 0.300 e. The molecule has 7 nitrogen and oxygen atoms in total. The van der Waals surface area contributed by atoms with Crippen molar-refractivity contribution in [2.75, 3.05) is 6.79 Å². The van der Waals surface area contributed by atoms with Crippen LogP contribution in [0.3, 0.4) is 0 Å². The summed E-state index contributed by atoms with van der Waals surface area (Å²) in [5.74, 6) is 3.57. The van der Waals surface area contributed by atoms with Crippen molar-refractivity contribution in [1.29, 1.82) is 0 Å². The van der Waals surface area contributed by atoms with Gasteiger partial charge in [0.2, 0.25) is 6.79 Å². The summed E-state index contributed by atoms with van der Waals surface area (Å²) in [6, 6.07) is 5.49. The molecule has 0 spiro atoms. The van der Waals surface area contributed by atoms with Crippen LogP contribution in [0.2, 0.25) is 0 Å². The zero-order valence-corrected chi connectivity index (χ0v) is 15.2. The number of nitrogens with zero attached hydrogens (tertiary/aromatic N) is 4. The molecule has 1 amide bonds. The zero-order valence-electron chi connectivity index (χ0n) is 14.4. The van der Waals surface area contributed by atoms with Crippen LogP contribution in [-0.2, 0) is 13.1 Å². The van der Waals surface area contributed by atoms with Crippen molar-refractivity contribution in [2.45, 2.75) is 26.9 Å². The molecule has 132 valence electrons. The molecule has 1 aromatic carbocycles. The lowest BCUT2D eigenvalue weighted by Gasteiger charge is -2.01. The number of fused-ring (bicyclic) bond motifs is 2. The van der Waals surface area contributed by atoms with E-state index in [1.54, 1.807) is 10.7 Å². The van der Waals surface area contributed by atoms with Gasteiger partial charge in [-0.15, -0.1) is 6.42 Å². The second-order valence-corrected chi connectivity index (χ2v) is 6.76. The van der Waals surface area contributed by atoms with Crippen LogP contribution >= 0.6 is 11.3 Å². The number of terminal acetylenes is 1. The largest absolute Gasteiger partial charge is 0.454 e. The molecule has 3 aromatic rings. The monoisotopic (exact) mass is 368 g/mol. The Morgan fingerprint density at radius 3 is 2.85 bits per heavy atom. The Bertz CT molecular complexity index is 1130. The number of hydrogen-bond donors (Lipinski definition) is 0. The van der Waals surface area contributed by atoms with Crippen molar-refractivity contribution in [2.24, 2.45) is 4.99 Å². The van der Waals surface area contributed by atoms with Crippen molar-refractivity contribution in [3.63, 3.8) is 0 Å². The van der Waals surface area contributed by atoms with Crippen LogP contribution in [0.1, 0.15) is 23.1 Å². The topological polar surface area (TPSA) is 70.6 Å². The minimum atomic E-state index is -0.391. The highest BCUT2D eigenvalue weighted by Crippen LogP contribution is 2.36. The Kier molecular flexibility index (Phi) is 4.01. The van der Waals surface area contributed by atoms with Crippen LogP contribution in [0.25, 0.3) is 10.2 Å². The highest BCUT2D eigenvalue weighted by Gasteiger charge is 2.18. The van der Waals surface area contributed by atoms with E-state index >= 15 is 0 Å². The number of amides is 1. The van der Waals surface area contributed by atoms with Crippen molar-refractivity contribution in [1.82, 2.24) is 14.3 Å². The van der Waals surface area contributed by atoms with Gasteiger partial charge >= 0.3 is 0 Å². The summed E-state index contributed by atoms with van der Waals surface area (Å²) in [6.07, 6.45) is 5.51. The lowest BCUT2D eigenvalue weighted by molar-refractivity contribution is 0.0992. The van der Waals surface area contributed by atoms with Gasteiger partial charge in [-0.25, -0.2) is 0 Å². The van der Waals surface area contributed by atoms with E-state index in [0.717, 1.165) is 15.9 Å². The first kappa shape index (κ1) is 16.4. The summed E-state index contributed by atoms with van der Waals surface area (Å²) < 4.78 is 15.4. The molecule has 1 aliphatic heterocycles. The van der Waals surface area contributed by atoms with Gasteiger partial charge < -0.3 is 14.0 Å². The number of aryl methyl sites for hydroxylation is 2. The van der Waals surface area contributed by atoms with E-state index in [0.29, 0.717) is 35.1 Å². The van der Waals surface area contributed by atoms with Gasteiger partial charge in [-0.05, 0) is 19.9 Å². The van der Waals surface area contributed by atoms with Gasteiger partial charge in [-0.1, -0.05) is 17.3 Å². The number of aromatic nitrogens is 3. The Morgan fingerprint density at radius 2 is 2.15 bits per heavy atom. The number of hydrogen-bond acceptors (Lipinski definition) is 5. The molecule has 0 bridgehead atoms. The molecule has 0 N–H and O–H groups in total. The molecule has 1 aliphatic rings. The number of thiazole rings is 1. The van der Waals surface area contributed by atoms with Crippen LogP contribution in [0.15, 0.2) is 23.2 Å². The standard InChI is InChI=1S/C18H16N4O3S/c1-4-6-21-13-8-14-15(25-10-24-14)9-16(13)26-18(21)19-17(23)12-7-11(3)22(5-2)20-12/h1,7-9H,5-6,10H2,2-3H3. The zero-order chi connectivity index (χ0) is 18.3. The maximum Gasteiger partial charge on any atom is 0.300 e. The molecule has 0 saturated carbocycles. The van der Waals surface area contributed by atoms with Crippen molar-refractivity contribution < 1.29 is 14.3 Å². The highest BCUT2D eigenvalue weighted by molar-refractivity contribution is 7.16. The number of rotatable bonds is 3. The molecule has 4 rings (SSSR count). The second-order valence-electron chi connectivity index (χ2n) is 5.75. The summed E-state index contributed by atoms with van der Waals surface area (Å²) in [6.45, 7) is 5.09. The molecule has 0 atom stereocenters. The van der Waals surface area contributed by atoms with Gasteiger partial charge in [0.25, 0.3) is 5.91 Å². The summed E-state index contributed by atoms with van der Waals surface area (Å²) >= 11 is 1.38. The lowest BCUT2D eigenvalue weighted by Crippen LogP contribution is -2.16. The SMILES string of the molecule is C#CCn1c(=NC(=O)c2cc(C)n(CC)n2)sc2cc3c(cc21)OCO3. The lowest BCUT2D eigenvalue weighted by atomic mass is 10.3. The van der Waals surface area contributed by atoms with Crippen LogP contribution in [0.5, 0.6) is 11.5 Å². The molecule has 0 unspecified atom stereocenters. The predicted octanol–water partition coefficient (Wildman–Crippen LogP) is 2.33. The Hall–Kier alpha value is -3.05. The maximum atomic E-state index is 12.6. The van der Waals surface area contributed by atoms with Crippen LogP contribution in [-0.4, -0.2) is 27.0 Å². The molecule has 2 aromatic heterocycles. The Morgan fingerprint density at radius 1 is 1.38 bits per heavy atom. The Balaban J connectivity index is 1.84. The molecule has 8 heteroatoms. The molecular formula is C18H16N4O3S. The number of ether oxygens (including phenoxy) is 2. The third-order valence-electron chi connectivity index (χ3n) is 4.12. The third-order valence-corrected chi connectivity index (χ3v) is 5.16. The number of benzene rings is 1. The van der Waals surface area contributed by atoms with Crippen LogP contribution in [0.4, 0.5) is 0 Å². The Labute approximate surface area is 153 Å². The molecule has 26 heavy (non-hydrogen) atoms. The average molecular weight is 368 g/mol. The van der Waals surface area contributed by atoms with Gasteiger partial charge in [0, 0.05) is 24.4 Å². The summed E-state index contributed by atoms with van der Waals surface area (Å²) in [5, 5.41) is 4.29. The van der Waals surface area contributed by atoms with E-state index in [9.17, 15) is 4.79 Å². The fraction of sp³-hybridized carbons (Fsp3) is 0.278. The first-order chi connectivity index (χ1) is 12.6. The summed E-state index contributed by atoms with van der Waals surface area (Å²) in [4.78, 5) is 17.4. The molecule has 0 saturated heterocycles. The van der Waals surface area contributed by atoms with E-state index in [-0.39, 0.29) is 6.79 Å². The summed E-state index contributed by atoms with van der Waals surface area (Å²) in [5.41, 5.74) is 2.10. The van der Waals surface area contributed by atoms with Crippen molar-refractivity contribution >= 4 is 27.5 Å². The second kappa shape index (κ2) is 6.35. The van der Waals surface area contributed by atoms with Crippen LogP contribution < -0.4 is 14.3 Å². The molecule has 0 fully saturated rings. The molecule has 3 heterocycles. The third kappa shape index (κ3) is 2.66. The van der Waals surface area contributed by atoms with E-state index in [1.807, 2.05) is 30.5 Å². The molecule has 0 radical (unpaired) electrons. The maximum absolute atomic E-state index is 12.6. The first-order valence-electron chi connectivity index (χ1n) is 8.10. The average Bonchev–Trinajstić information content (AvgIpc) is 3.31. The minimum Gasteiger partial charge on any atom is -0.454 e. The fourth-order valence-corrected chi connectivity index (χ4v) is 3.91. The normalized spacial score (nSPS) is 13.3. The van der Waals surface area contributed by atoms with Gasteiger partial charge in [-0.2, -0.15) is 10.1 Å². The van der Waals surface area contributed by atoms with E-state index in [1.165, 1.54) is 11.3 Å². The molecule has 0 aliphatic carbocycles. The minimum absolute atomic E-state index is 0.205. The fourth-order valence-electron chi connectivity index (χ4n) is 2.87. The quantitative estimate of drug-likeness (QED) is 0.666. The van der Waals surface area contributed by atoms with Gasteiger partial charge in [0.05, 0.1) is 16.8 Å². The van der Waals surface area contributed by atoms with Gasteiger partial charge in [-0.3, -0.25) is 9.48 Å². The number of carbonyl (C=O) groups is 1. The van der Waals surface area contributed by atoms with E-state index in [2.05, 4.69) is 16.0 Å². The van der Waals surface area contributed by atoms with Gasteiger partial charge in [0.1, 0.15) is 0 Å².